The summed E-state index contributed by atoms with van der Waals surface area (Å²) in [4.78, 5) is 12.1. The summed E-state index contributed by atoms with van der Waals surface area (Å²) in [6.45, 7) is -0.254. The Morgan fingerprint density at radius 1 is 1.32 bits per heavy atom. The molecule has 0 bridgehead atoms. The first kappa shape index (κ1) is 15.1. The van der Waals surface area contributed by atoms with Gasteiger partial charge in [-0.15, -0.1) is 0 Å². The van der Waals surface area contributed by atoms with Gasteiger partial charge in [-0.3, -0.25) is 4.57 Å². The van der Waals surface area contributed by atoms with Crippen molar-refractivity contribution in [2.45, 2.75) is 30.5 Å². The van der Waals surface area contributed by atoms with Crippen LogP contribution in [0.4, 0.5) is 5.82 Å². The van der Waals surface area contributed by atoms with Crippen molar-refractivity contribution in [3.63, 3.8) is 0 Å². The molecule has 1 saturated heterocycles. The number of ether oxygens (including phenoxy) is 1. The number of anilines is 1. The molecule has 22 heavy (non-hydrogen) atoms. The van der Waals surface area contributed by atoms with Gasteiger partial charge in [-0.05, 0) is 6.54 Å². The quantitative estimate of drug-likeness (QED) is 0.411. The zero-order chi connectivity index (χ0) is 15.9. The van der Waals surface area contributed by atoms with Crippen molar-refractivity contribution in [2.75, 3.05) is 18.9 Å². The molecule has 3 rings (SSSR count). The van der Waals surface area contributed by atoms with Crippen LogP contribution in [0.25, 0.3) is 11.2 Å². The molecule has 1 aliphatic heterocycles. The third-order valence-corrected chi connectivity index (χ3v) is 3.97. The Balaban J connectivity index is 2.17. The highest BCUT2D eigenvalue weighted by Gasteiger charge is 2.55. The number of nitrogens with zero attached hydrogens (tertiary/aromatic N) is 4. The second-order valence-electron chi connectivity index (χ2n) is 5.20. The van der Waals surface area contributed by atoms with Crippen LogP contribution < -0.4 is 11.5 Å². The highest BCUT2D eigenvalue weighted by molar-refractivity contribution is 5.81. The van der Waals surface area contributed by atoms with E-state index in [9.17, 15) is 15.3 Å². The molecule has 0 saturated carbocycles. The molecule has 1 aliphatic rings. The van der Waals surface area contributed by atoms with Gasteiger partial charge in [0.2, 0.25) is 0 Å². The lowest BCUT2D eigenvalue weighted by Crippen LogP contribution is -2.46. The second kappa shape index (κ2) is 5.41. The van der Waals surface area contributed by atoms with Crippen molar-refractivity contribution in [1.29, 1.82) is 0 Å². The summed E-state index contributed by atoms with van der Waals surface area (Å²) in [5.41, 5.74) is 10.7. The van der Waals surface area contributed by atoms with Gasteiger partial charge in [-0.1, -0.05) is 0 Å². The van der Waals surface area contributed by atoms with E-state index in [4.69, 9.17) is 16.2 Å². The average molecular weight is 310 g/mol. The molecule has 0 radical (unpaired) electrons. The summed E-state index contributed by atoms with van der Waals surface area (Å²) >= 11 is 0. The minimum atomic E-state index is -1.38. The number of aromatic nitrogens is 4. The Morgan fingerprint density at radius 3 is 2.73 bits per heavy atom. The van der Waals surface area contributed by atoms with Crippen molar-refractivity contribution < 1.29 is 20.1 Å². The molecular formula is C12H18N6O4. The molecule has 0 aromatic carbocycles. The molecule has 7 N–H and O–H groups in total. The van der Waals surface area contributed by atoms with Crippen LogP contribution in [-0.2, 0) is 10.5 Å². The van der Waals surface area contributed by atoms with Crippen molar-refractivity contribution in [1.82, 2.24) is 19.5 Å². The Labute approximate surface area is 125 Å². The molecule has 0 spiro atoms. The van der Waals surface area contributed by atoms with Crippen molar-refractivity contribution in [2.24, 2.45) is 5.73 Å². The topological polar surface area (TPSA) is 166 Å². The first-order valence-corrected chi connectivity index (χ1v) is 6.84. The molecule has 10 heteroatoms. The van der Waals surface area contributed by atoms with Crippen LogP contribution in [0.2, 0.25) is 0 Å². The predicted octanol–water partition coefficient (Wildman–Crippen LogP) is -2.48. The number of rotatable bonds is 4. The van der Waals surface area contributed by atoms with E-state index >= 15 is 0 Å². The van der Waals surface area contributed by atoms with Gasteiger partial charge in [0.25, 0.3) is 0 Å². The Kier molecular flexibility index (Phi) is 3.70. The fraction of sp³-hybridized carbons (Fsp3) is 0.583. The van der Waals surface area contributed by atoms with Gasteiger partial charge < -0.3 is 31.5 Å². The molecule has 120 valence electrons. The highest BCUT2D eigenvalue weighted by atomic mass is 16.6. The van der Waals surface area contributed by atoms with Gasteiger partial charge in [0.1, 0.15) is 30.2 Å². The van der Waals surface area contributed by atoms with E-state index in [1.165, 1.54) is 17.2 Å². The Bertz CT molecular complexity index is 679. The lowest BCUT2D eigenvalue weighted by molar-refractivity contribution is -0.148. The number of nitrogens with two attached hydrogens (primary N) is 2. The number of imidazole rings is 1. The molecular weight excluding hydrogens is 292 g/mol. The molecule has 0 unspecified atom stereocenters. The van der Waals surface area contributed by atoms with E-state index in [-0.39, 0.29) is 18.8 Å². The SMILES string of the molecule is NCC[C@@]1(n2cnc3c(N)ncnc32)O[C@H](CO)[C@@H](O)[C@H]1O. The van der Waals surface area contributed by atoms with Crippen LogP contribution in [-0.4, -0.2) is 66.3 Å². The normalized spacial score (nSPS) is 31.9. The third-order valence-electron chi connectivity index (χ3n) is 3.97. The Hall–Kier alpha value is -1.85. The number of hydrogen-bond acceptors (Lipinski definition) is 9. The van der Waals surface area contributed by atoms with Crippen molar-refractivity contribution >= 4 is 17.0 Å². The fourth-order valence-corrected chi connectivity index (χ4v) is 2.88. The van der Waals surface area contributed by atoms with Gasteiger partial charge in [0.15, 0.2) is 17.2 Å². The van der Waals surface area contributed by atoms with Crippen molar-refractivity contribution in [3.8, 4) is 0 Å². The van der Waals surface area contributed by atoms with Gasteiger partial charge >= 0.3 is 0 Å². The van der Waals surface area contributed by atoms with Gasteiger partial charge in [-0.2, -0.15) is 0 Å². The Morgan fingerprint density at radius 2 is 2.09 bits per heavy atom. The standard InChI is InChI=1S/C12H18N6O4/c13-2-1-12(9(21)8(20)6(3-19)22-12)18-5-17-7-10(14)15-4-16-11(7)18/h4-6,8-9,19-21H,1-3,13H2,(H2,14,15,16)/t6-,8-,9-,12-/m1/s1. The lowest BCUT2D eigenvalue weighted by atomic mass is 9.99. The second-order valence-corrected chi connectivity index (χ2v) is 5.20. The molecule has 2 aromatic rings. The van der Waals surface area contributed by atoms with Crippen LogP contribution in [0.15, 0.2) is 12.7 Å². The minimum absolute atomic E-state index is 0.183. The van der Waals surface area contributed by atoms with Gasteiger partial charge in [-0.25, -0.2) is 15.0 Å². The van der Waals surface area contributed by atoms with E-state index < -0.39 is 30.6 Å². The first-order chi connectivity index (χ1) is 10.5. The van der Waals surface area contributed by atoms with E-state index in [1.807, 2.05) is 0 Å². The van der Waals surface area contributed by atoms with Crippen molar-refractivity contribution in [3.05, 3.63) is 12.7 Å². The van der Waals surface area contributed by atoms with E-state index in [2.05, 4.69) is 15.0 Å². The molecule has 4 atom stereocenters. The maximum atomic E-state index is 10.5. The fourth-order valence-electron chi connectivity index (χ4n) is 2.88. The van der Waals surface area contributed by atoms with Crippen LogP contribution >= 0.6 is 0 Å². The van der Waals surface area contributed by atoms with Crippen LogP contribution in [0.1, 0.15) is 6.42 Å². The van der Waals surface area contributed by atoms with E-state index in [0.29, 0.717) is 11.2 Å². The maximum absolute atomic E-state index is 10.5. The summed E-state index contributed by atoms with van der Waals surface area (Å²) in [7, 11) is 0. The zero-order valence-corrected chi connectivity index (χ0v) is 11.7. The lowest BCUT2D eigenvalue weighted by Gasteiger charge is -2.33. The largest absolute Gasteiger partial charge is 0.394 e. The smallest absolute Gasteiger partial charge is 0.177 e. The van der Waals surface area contributed by atoms with E-state index in [0.717, 1.165) is 0 Å². The number of nitrogen functional groups attached to an aromatic ring is 1. The van der Waals surface area contributed by atoms with E-state index in [1.54, 1.807) is 0 Å². The first-order valence-electron chi connectivity index (χ1n) is 6.84. The van der Waals surface area contributed by atoms with Crippen LogP contribution in [0.3, 0.4) is 0 Å². The summed E-state index contributed by atoms with van der Waals surface area (Å²) in [5.74, 6) is 0.193. The summed E-state index contributed by atoms with van der Waals surface area (Å²) in [6, 6.07) is 0. The summed E-state index contributed by atoms with van der Waals surface area (Å²) in [6.07, 6.45) is -0.626. The average Bonchev–Trinajstić information content (AvgIpc) is 3.04. The number of aliphatic hydroxyl groups is 3. The molecule has 0 amide bonds. The highest BCUT2D eigenvalue weighted by Crippen LogP contribution is 2.39. The number of hydrogen-bond donors (Lipinski definition) is 5. The molecule has 10 nitrogen and oxygen atoms in total. The molecule has 3 heterocycles. The third kappa shape index (κ3) is 1.96. The molecule has 1 fully saturated rings. The monoisotopic (exact) mass is 310 g/mol. The molecule has 2 aromatic heterocycles. The van der Waals surface area contributed by atoms with Crippen LogP contribution in [0.5, 0.6) is 0 Å². The molecule has 0 aliphatic carbocycles. The predicted molar refractivity (Wildman–Crippen MR) is 75.4 cm³/mol. The number of aliphatic hydroxyl groups excluding tert-OH is 3. The summed E-state index contributed by atoms with van der Waals surface area (Å²) < 4.78 is 7.23. The van der Waals surface area contributed by atoms with Gasteiger partial charge in [0.05, 0.1) is 12.9 Å². The zero-order valence-electron chi connectivity index (χ0n) is 11.7. The summed E-state index contributed by atoms with van der Waals surface area (Å²) in [5, 5.41) is 29.9. The van der Waals surface area contributed by atoms with Crippen LogP contribution in [0, 0.1) is 0 Å². The number of fused-ring (bicyclic) bond motifs is 1. The van der Waals surface area contributed by atoms with Gasteiger partial charge in [0, 0.05) is 6.42 Å². The minimum Gasteiger partial charge on any atom is -0.394 e. The maximum Gasteiger partial charge on any atom is 0.177 e.